The van der Waals surface area contributed by atoms with Crippen molar-refractivity contribution < 1.29 is 23.8 Å². The molecule has 2 rings (SSSR count). The first kappa shape index (κ1) is 16.3. The van der Waals surface area contributed by atoms with Gasteiger partial charge in [0.05, 0.1) is 19.4 Å². The van der Waals surface area contributed by atoms with E-state index in [0.29, 0.717) is 15.9 Å². The van der Waals surface area contributed by atoms with Crippen molar-refractivity contribution in [3.63, 3.8) is 0 Å². The van der Waals surface area contributed by atoms with Crippen LogP contribution in [0.5, 0.6) is 5.75 Å². The van der Waals surface area contributed by atoms with Crippen LogP contribution >= 0.6 is 15.9 Å². The van der Waals surface area contributed by atoms with E-state index in [1.54, 1.807) is 30.5 Å². The van der Waals surface area contributed by atoms with Crippen LogP contribution in [0.1, 0.15) is 24.3 Å². The van der Waals surface area contributed by atoms with E-state index in [4.69, 9.17) is 14.2 Å². The molecule has 0 unspecified atom stereocenters. The van der Waals surface area contributed by atoms with Crippen LogP contribution in [0.25, 0.3) is 5.65 Å². The molecule has 0 aliphatic heterocycles. The summed E-state index contributed by atoms with van der Waals surface area (Å²) < 4.78 is 17.4. The number of rotatable bonds is 6. The van der Waals surface area contributed by atoms with Crippen molar-refractivity contribution >= 4 is 33.5 Å². The number of esters is 2. The van der Waals surface area contributed by atoms with Crippen LogP contribution < -0.4 is 4.74 Å². The van der Waals surface area contributed by atoms with Crippen molar-refractivity contribution in [3.05, 3.63) is 28.6 Å². The molecule has 22 heavy (non-hydrogen) atoms. The number of ether oxygens (including phenoxy) is 3. The normalized spacial score (nSPS) is 10.5. The molecule has 7 nitrogen and oxygen atoms in total. The Bertz CT molecular complexity index is 698. The Kier molecular flexibility index (Phi) is 5.37. The maximum absolute atomic E-state index is 11.9. The second-order valence-electron chi connectivity index (χ2n) is 4.17. The number of fused-ring (bicyclic) bond motifs is 1. The molecule has 0 atom stereocenters. The molecule has 0 fully saturated rings. The molecule has 2 aromatic rings. The number of hydrogen-bond acceptors (Lipinski definition) is 6. The summed E-state index contributed by atoms with van der Waals surface area (Å²) in [6.07, 6.45) is 3.07. The number of halogens is 1. The predicted octanol–water partition coefficient (Wildman–Crippen LogP) is 2.22. The fourth-order valence-electron chi connectivity index (χ4n) is 1.83. The van der Waals surface area contributed by atoms with Gasteiger partial charge in [-0.2, -0.15) is 0 Å². The summed E-state index contributed by atoms with van der Waals surface area (Å²) in [4.78, 5) is 27.4. The van der Waals surface area contributed by atoms with Crippen LogP contribution in [0, 0.1) is 0 Å². The zero-order valence-corrected chi connectivity index (χ0v) is 13.8. The third-order valence-electron chi connectivity index (χ3n) is 2.67. The minimum atomic E-state index is -0.482. The lowest BCUT2D eigenvalue weighted by Gasteiger charge is -2.08. The molecule has 0 bridgehead atoms. The van der Waals surface area contributed by atoms with E-state index in [1.165, 1.54) is 6.20 Å². The predicted molar refractivity (Wildman–Crippen MR) is 81.0 cm³/mol. The van der Waals surface area contributed by atoms with Crippen molar-refractivity contribution in [1.29, 1.82) is 0 Å². The molecule has 2 aromatic heterocycles. The Labute approximate surface area is 135 Å². The lowest BCUT2D eigenvalue weighted by atomic mass is 10.4. The van der Waals surface area contributed by atoms with Crippen LogP contribution in [0.3, 0.4) is 0 Å². The topological polar surface area (TPSA) is 79.1 Å². The van der Waals surface area contributed by atoms with E-state index in [2.05, 4.69) is 20.9 Å². The Morgan fingerprint density at radius 3 is 2.68 bits per heavy atom. The van der Waals surface area contributed by atoms with Gasteiger partial charge in [0.1, 0.15) is 0 Å². The molecule has 0 radical (unpaired) electrons. The SMILES string of the molecule is CCOC(=O)COc1cc(Br)cn2c(C(=O)OCC)cnc12. The third-order valence-corrected chi connectivity index (χ3v) is 3.11. The van der Waals surface area contributed by atoms with Gasteiger partial charge in [-0.25, -0.2) is 14.6 Å². The van der Waals surface area contributed by atoms with Gasteiger partial charge in [-0.3, -0.25) is 4.40 Å². The summed E-state index contributed by atoms with van der Waals surface area (Å²) in [5.74, 6) is -0.597. The highest BCUT2D eigenvalue weighted by atomic mass is 79.9. The average molecular weight is 371 g/mol. The molecule has 0 aliphatic carbocycles. The molecule has 0 saturated carbocycles. The maximum Gasteiger partial charge on any atom is 0.356 e. The quantitative estimate of drug-likeness (QED) is 0.725. The van der Waals surface area contributed by atoms with E-state index in [0.717, 1.165) is 0 Å². The lowest BCUT2D eigenvalue weighted by molar-refractivity contribution is -0.145. The van der Waals surface area contributed by atoms with Crippen LogP contribution in [-0.4, -0.2) is 41.1 Å². The van der Waals surface area contributed by atoms with Gasteiger partial charge in [-0.1, -0.05) is 0 Å². The Hall–Kier alpha value is -2.09. The first-order chi connectivity index (χ1) is 10.6. The van der Waals surface area contributed by atoms with Crippen LogP contribution in [0.15, 0.2) is 22.9 Å². The van der Waals surface area contributed by atoms with E-state index >= 15 is 0 Å². The molecule has 0 aliphatic rings. The molecule has 0 aromatic carbocycles. The fourth-order valence-corrected chi connectivity index (χ4v) is 2.24. The van der Waals surface area contributed by atoms with Gasteiger partial charge in [0.15, 0.2) is 23.7 Å². The molecule has 0 spiro atoms. The fraction of sp³-hybridized carbons (Fsp3) is 0.357. The monoisotopic (exact) mass is 370 g/mol. The lowest BCUT2D eigenvalue weighted by Crippen LogP contribution is -2.15. The largest absolute Gasteiger partial charge is 0.478 e. The number of carbonyl (C=O) groups is 2. The smallest absolute Gasteiger partial charge is 0.356 e. The van der Waals surface area contributed by atoms with E-state index < -0.39 is 11.9 Å². The summed E-state index contributed by atoms with van der Waals surface area (Å²) in [5.41, 5.74) is 0.690. The maximum atomic E-state index is 11.9. The molecule has 8 heteroatoms. The van der Waals surface area contributed by atoms with Gasteiger partial charge in [0, 0.05) is 10.7 Å². The highest BCUT2D eigenvalue weighted by Crippen LogP contribution is 2.25. The van der Waals surface area contributed by atoms with E-state index in [-0.39, 0.29) is 25.5 Å². The first-order valence-corrected chi connectivity index (χ1v) is 7.48. The molecule has 0 N–H and O–H groups in total. The number of aromatic nitrogens is 2. The molecule has 0 saturated heterocycles. The summed E-state index contributed by atoms with van der Waals surface area (Å²) in [7, 11) is 0. The van der Waals surface area contributed by atoms with E-state index in [9.17, 15) is 9.59 Å². The van der Waals surface area contributed by atoms with Crippen molar-refractivity contribution in [3.8, 4) is 5.75 Å². The van der Waals surface area contributed by atoms with Gasteiger partial charge >= 0.3 is 11.9 Å². The molecular weight excluding hydrogens is 356 g/mol. The number of carbonyl (C=O) groups excluding carboxylic acids is 2. The highest BCUT2D eigenvalue weighted by Gasteiger charge is 2.17. The van der Waals surface area contributed by atoms with Crippen LogP contribution in [-0.2, 0) is 14.3 Å². The number of imidazole rings is 1. The summed E-state index contributed by atoms with van der Waals surface area (Å²) >= 11 is 3.33. The zero-order valence-electron chi connectivity index (χ0n) is 12.2. The molecular formula is C14H15BrN2O5. The van der Waals surface area contributed by atoms with Crippen molar-refractivity contribution in [2.45, 2.75) is 13.8 Å². The Morgan fingerprint density at radius 1 is 1.27 bits per heavy atom. The molecule has 0 amide bonds. The summed E-state index contributed by atoms with van der Waals surface area (Å²) in [5, 5.41) is 0. The van der Waals surface area contributed by atoms with Crippen LogP contribution in [0.4, 0.5) is 0 Å². The van der Waals surface area contributed by atoms with Crippen molar-refractivity contribution in [2.24, 2.45) is 0 Å². The number of pyridine rings is 1. The molecule has 2 heterocycles. The van der Waals surface area contributed by atoms with Gasteiger partial charge in [-0.05, 0) is 35.8 Å². The summed E-state index contributed by atoms with van der Waals surface area (Å²) in [6, 6.07) is 1.66. The first-order valence-electron chi connectivity index (χ1n) is 6.69. The minimum absolute atomic E-state index is 0.235. The number of hydrogen-bond donors (Lipinski definition) is 0. The number of nitrogens with zero attached hydrogens (tertiary/aromatic N) is 2. The minimum Gasteiger partial charge on any atom is -0.478 e. The standard InChI is InChI=1S/C14H15BrN2O5/c1-3-20-12(18)8-22-11-5-9(15)7-17-10(6-16-13(11)17)14(19)21-4-2/h5-7H,3-4,8H2,1-2H3. The van der Waals surface area contributed by atoms with Gasteiger partial charge in [-0.15, -0.1) is 0 Å². The average Bonchev–Trinajstić information content (AvgIpc) is 2.89. The Balaban J connectivity index is 2.31. The third kappa shape index (κ3) is 3.56. The zero-order chi connectivity index (χ0) is 16.1. The van der Waals surface area contributed by atoms with Crippen molar-refractivity contribution in [2.75, 3.05) is 19.8 Å². The summed E-state index contributed by atoms with van der Waals surface area (Å²) in [6.45, 7) is 3.76. The van der Waals surface area contributed by atoms with Gasteiger partial charge in [0.25, 0.3) is 0 Å². The Morgan fingerprint density at radius 2 is 2.00 bits per heavy atom. The highest BCUT2D eigenvalue weighted by molar-refractivity contribution is 9.10. The van der Waals surface area contributed by atoms with Gasteiger partial charge < -0.3 is 14.2 Å². The van der Waals surface area contributed by atoms with Crippen LogP contribution in [0.2, 0.25) is 0 Å². The van der Waals surface area contributed by atoms with Crippen molar-refractivity contribution in [1.82, 2.24) is 9.38 Å². The second kappa shape index (κ2) is 7.26. The van der Waals surface area contributed by atoms with Gasteiger partial charge in [0.2, 0.25) is 0 Å². The van der Waals surface area contributed by atoms with E-state index in [1.807, 2.05) is 0 Å². The second-order valence-corrected chi connectivity index (χ2v) is 5.09. The molecule has 118 valence electrons.